The molecule has 0 aliphatic heterocycles. The fraction of sp³-hybridized carbons (Fsp3) is 0.312. The molecule has 0 fully saturated rings. The monoisotopic (exact) mass is 336 g/mol. The number of carbonyl (C=O) groups excluding carboxylic acids is 1. The molecule has 7 heteroatoms. The molecular formula is C16H17FN2O3S. The van der Waals surface area contributed by atoms with Gasteiger partial charge in [0, 0.05) is 11.8 Å². The zero-order valence-electron chi connectivity index (χ0n) is 12.6. The van der Waals surface area contributed by atoms with Crippen molar-refractivity contribution in [3.8, 4) is 0 Å². The Morgan fingerprint density at radius 2 is 2.04 bits per heavy atom. The first-order chi connectivity index (χ1) is 11.0. The van der Waals surface area contributed by atoms with Crippen molar-refractivity contribution in [1.82, 2.24) is 10.3 Å². The number of hydrogen-bond acceptors (Lipinski definition) is 4. The molecule has 2 rings (SSSR count). The summed E-state index contributed by atoms with van der Waals surface area (Å²) < 4.78 is 12.9. The van der Waals surface area contributed by atoms with E-state index in [2.05, 4.69) is 10.3 Å². The average molecular weight is 336 g/mol. The maximum Gasteiger partial charge on any atom is 0.326 e. The van der Waals surface area contributed by atoms with E-state index in [1.165, 1.54) is 23.5 Å². The van der Waals surface area contributed by atoms with Gasteiger partial charge < -0.3 is 10.4 Å². The van der Waals surface area contributed by atoms with E-state index in [1.54, 1.807) is 24.4 Å². The van der Waals surface area contributed by atoms with Gasteiger partial charge in [-0.15, -0.1) is 11.3 Å². The molecule has 0 aliphatic carbocycles. The van der Waals surface area contributed by atoms with Gasteiger partial charge in [-0.3, -0.25) is 4.79 Å². The molecule has 1 atom stereocenters. The highest BCUT2D eigenvalue weighted by Crippen LogP contribution is 2.15. The lowest BCUT2D eigenvalue weighted by Gasteiger charge is -2.11. The fourth-order valence-electron chi connectivity index (χ4n) is 2.04. The SMILES string of the molecule is CCC(NC(=O)Cc1csc(Cc2ccc(F)cc2)n1)C(=O)O. The van der Waals surface area contributed by atoms with Gasteiger partial charge in [-0.25, -0.2) is 14.2 Å². The van der Waals surface area contributed by atoms with Crippen LogP contribution in [-0.4, -0.2) is 28.0 Å². The van der Waals surface area contributed by atoms with E-state index < -0.39 is 12.0 Å². The Balaban J connectivity index is 1.92. The molecule has 1 aromatic carbocycles. The zero-order valence-corrected chi connectivity index (χ0v) is 13.4. The molecule has 0 saturated heterocycles. The van der Waals surface area contributed by atoms with Crippen molar-refractivity contribution in [1.29, 1.82) is 0 Å². The van der Waals surface area contributed by atoms with Gasteiger partial charge in [0.2, 0.25) is 5.91 Å². The number of hydrogen-bond donors (Lipinski definition) is 2. The molecule has 1 aromatic heterocycles. The Labute approximate surface area is 137 Å². The molecule has 5 nitrogen and oxygen atoms in total. The second kappa shape index (κ2) is 7.82. The van der Waals surface area contributed by atoms with E-state index in [0.29, 0.717) is 18.5 Å². The number of carbonyl (C=O) groups is 2. The number of nitrogens with one attached hydrogen (secondary N) is 1. The number of thiazole rings is 1. The Morgan fingerprint density at radius 1 is 1.35 bits per heavy atom. The van der Waals surface area contributed by atoms with E-state index in [0.717, 1.165) is 10.6 Å². The van der Waals surface area contributed by atoms with Gasteiger partial charge >= 0.3 is 5.97 Å². The summed E-state index contributed by atoms with van der Waals surface area (Å²) in [6.07, 6.45) is 0.941. The van der Waals surface area contributed by atoms with Gasteiger partial charge in [0.1, 0.15) is 11.9 Å². The first-order valence-corrected chi connectivity index (χ1v) is 8.05. The molecule has 0 radical (unpaired) electrons. The molecule has 0 spiro atoms. The number of rotatable bonds is 7. The van der Waals surface area contributed by atoms with Gasteiger partial charge in [-0.1, -0.05) is 19.1 Å². The summed E-state index contributed by atoms with van der Waals surface area (Å²) in [7, 11) is 0. The summed E-state index contributed by atoms with van der Waals surface area (Å²) >= 11 is 1.42. The molecule has 1 heterocycles. The maximum absolute atomic E-state index is 12.9. The summed E-state index contributed by atoms with van der Waals surface area (Å²) in [5, 5.41) is 14.0. The van der Waals surface area contributed by atoms with E-state index >= 15 is 0 Å². The van der Waals surface area contributed by atoms with E-state index in [1.807, 2.05) is 0 Å². The van der Waals surface area contributed by atoms with Gasteiger partial charge in [0.25, 0.3) is 0 Å². The van der Waals surface area contributed by atoms with Crippen LogP contribution in [0.4, 0.5) is 4.39 Å². The van der Waals surface area contributed by atoms with Crippen molar-refractivity contribution in [2.24, 2.45) is 0 Å². The number of aliphatic carboxylic acids is 1. The first-order valence-electron chi connectivity index (χ1n) is 7.17. The third-order valence-corrected chi connectivity index (χ3v) is 4.15. The predicted octanol–water partition coefficient (Wildman–Crippen LogP) is 2.39. The highest BCUT2D eigenvalue weighted by Gasteiger charge is 2.18. The minimum Gasteiger partial charge on any atom is -0.480 e. The van der Waals surface area contributed by atoms with Crippen LogP contribution in [0.3, 0.4) is 0 Å². The number of aromatic nitrogens is 1. The van der Waals surface area contributed by atoms with Crippen LogP contribution < -0.4 is 5.32 Å². The summed E-state index contributed by atoms with van der Waals surface area (Å²) in [6.45, 7) is 1.70. The summed E-state index contributed by atoms with van der Waals surface area (Å²) in [5.41, 5.74) is 1.54. The van der Waals surface area contributed by atoms with Crippen molar-refractivity contribution in [3.63, 3.8) is 0 Å². The van der Waals surface area contributed by atoms with Crippen molar-refractivity contribution >= 4 is 23.2 Å². The standard InChI is InChI=1S/C16H17FN2O3S/c1-2-13(16(21)22)19-14(20)8-12-9-23-15(18-12)7-10-3-5-11(17)6-4-10/h3-6,9,13H,2,7-8H2,1H3,(H,19,20)(H,21,22). The van der Waals surface area contributed by atoms with Crippen molar-refractivity contribution in [2.75, 3.05) is 0 Å². The van der Waals surface area contributed by atoms with Crippen LogP contribution in [0.2, 0.25) is 0 Å². The van der Waals surface area contributed by atoms with E-state index in [4.69, 9.17) is 5.11 Å². The smallest absolute Gasteiger partial charge is 0.326 e. The van der Waals surface area contributed by atoms with Gasteiger partial charge in [-0.05, 0) is 24.1 Å². The second-order valence-electron chi connectivity index (χ2n) is 5.08. The number of benzene rings is 1. The van der Waals surface area contributed by atoms with Crippen LogP contribution in [-0.2, 0) is 22.4 Å². The quantitative estimate of drug-likeness (QED) is 0.814. The third kappa shape index (κ3) is 5.14. The summed E-state index contributed by atoms with van der Waals surface area (Å²) in [4.78, 5) is 27.1. The molecule has 0 bridgehead atoms. The van der Waals surface area contributed by atoms with Gasteiger partial charge in [-0.2, -0.15) is 0 Å². The largest absolute Gasteiger partial charge is 0.480 e. The van der Waals surface area contributed by atoms with E-state index in [-0.39, 0.29) is 18.1 Å². The lowest BCUT2D eigenvalue weighted by atomic mass is 10.1. The highest BCUT2D eigenvalue weighted by molar-refractivity contribution is 7.09. The van der Waals surface area contributed by atoms with Crippen molar-refractivity contribution < 1.29 is 19.1 Å². The van der Waals surface area contributed by atoms with Crippen molar-refractivity contribution in [3.05, 3.63) is 51.7 Å². The minimum atomic E-state index is -1.05. The van der Waals surface area contributed by atoms with Crippen LogP contribution in [0.15, 0.2) is 29.6 Å². The average Bonchev–Trinajstić information content (AvgIpc) is 2.94. The molecule has 0 saturated carbocycles. The predicted molar refractivity (Wildman–Crippen MR) is 84.9 cm³/mol. The van der Waals surface area contributed by atoms with Gasteiger partial charge in [0.05, 0.1) is 17.1 Å². The number of halogens is 1. The second-order valence-corrected chi connectivity index (χ2v) is 6.02. The molecule has 0 aliphatic rings. The maximum atomic E-state index is 12.9. The normalized spacial score (nSPS) is 11.9. The molecular weight excluding hydrogens is 319 g/mol. The van der Waals surface area contributed by atoms with Gasteiger partial charge in [0.15, 0.2) is 0 Å². The van der Waals surface area contributed by atoms with Crippen LogP contribution in [0.1, 0.15) is 29.6 Å². The fourth-order valence-corrected chi connectivity index (χ4v) is 2.86. The number of carboxylic acid groups (broad SMARTS) is 1. The number of nitrogens with zero attached hydrogens (tertiary/aromatic N) is 1. The Hall–Kier alpha value is -2.28. The number of carboxylic acids is 1. The Bertz CT molecular complexity index is 685. The number of amides is 1. The molecule has 122 valence electrons. The van der Waals surface area contributed by atoms with E-state index in [9.17, 15) is 14.0 Å². The molecule has 2 aromatic rings. The minimum absolute atomic E-state index is 0.0453. The molecule has 23 heavy (non-hydrogen) atoms. The van der Waals surface area contributed by atoms with Crippen molar-refractivity contribution in [2.45, 2.75) is 32.2 Å². The Morgan fingerprint density at radius 3 is 2.65 bits per heavy atom. The first kappa shape index (κ1) is 17.1. The lowest BCUT2D eigenvalue weighted by Crippen LogP contribution is -2.41. The Kier molecular flexibility index (Phi) is 5.81. The summed E-state index contributed by atoms with van der Waals surface area (Å²) in [5.74, 6) is -1.69. The highest BCUT2D eigenvalue weighted by atomic mass is 32.1. The van der Waals surface area contributed by atoms with Crippen LogP contribution >= 0.6 is 11.3 Å². The molecule has 1 amide bonds. The van der Waals surface area contributed by atoms with Crippen LogP contribution in [0.25, 0.3) is 0 Å². The molecule has 1 unspecified atom stereocenters. The van der Waals surface area contributed by atoms with Crippen LogP contribution in [0, 0.1) is 5.82 Å². The molecule has 2 N–H and O–H groups in total. The topological polar surface area (TPSA) is 79.3 Å². The van der Waals surface area contributed by atoms with Crippen LogP contribution in [0.5, 0.6) is 0 Å². The zero-order chi connectivity index (χ0) is 16.8. The lowest BCUT2D eigenvalue weighted by molar-refractivity contribution is -0.141. The summed E-state index contributed by atoms with van der Waals surface area (Å²) in [6, 6.07) is 5.31. The third-order valence-electron chi connectivity index (χ3n) is 3.25.